The van der Waals surface area contributed by atoms with Gasteiger partial charge in [-0.25, -0.2) is 0 Å². The Morgan fingerprint density at radius 3 is 2.65 bits per heavy atom. The lowest BCUT2D eigenvalue weighted by Crippen LogP contribution is -2.32. The first-order valence-electron chi connectivity index (χ1n) is 7.82. The number of nitrogens with zero attached hydrogens (tertiary/aromatic N) is 2. The van der Waals surface area contributed by atoms with Gasteiger partial charge in [-0.2, -0.15) is 5.10 Å². The molecular weight excluding hydrogens is 316 g/mol. The molecule has 20 heavy (non-hydrogen) atoms. The molecular formula is C16H27BrN2O. The molecule has 0 aliphatic heterocycles. The molecule has 1 saturated carbocycles. The molecule has 0 bridgehead atoms. The normalized spacial score (nSPS) is 23.2. The van der Waals surface area contributed by atoms with E-state index in [1.807, 2.05) is 4.68 Å². The summed E-state index contributed by atoms with van der Waals surface area (Å²) in [7, 11) is 0. The molecule has 0 amide bonds. The van der Waals surface area contributed by atoms with E-state index in [0.29, 0.717) is 12.3 Å². The van der Waals surface area contributed by atoms with Crippen LogP contribution in [-0.2, 0) is 19.4 Å². The summed E-state index contributed by atoms with van der Waals surface area (Å²) in [5, 5.41) is 15.3. The molecule has 1 aromatic rings. The maximum Gasteiger partial charge on any atom is 0.0766 e. The maximum absolute atomic E-state index is 10.7. The first-order chi connectivity index (χ1) is 9.40. The summed E-state index contributed by atoms with van der Waals surface area (Å²) in [6.45, 7) is 9.66. The number of hydrogen-bond donors (Lipinski definition) is 1. The molecule has 2 atom stereocenters. The molecule has 1 heterocycles. The van der Waals surface area contributed by atoms with Crippen LogP contribution in [0.25, 0.3) is 0 Å². The van der Waals surface area contributed by atoms with Crippen LogP contribution in [-0.4, -0.2) is 21.0 Å². The Morgan fingerprint density at radius 1 is 1.45 bits per heavy atom. The van der Waals surface area contributed by atoms with Crippen LogP contribution in [0.3, 0.4) is 0 Å². The smallest absolute Gasteiger partial charge is 0.0766 e. The highest BCUT2D eigenvalue weighted by atomic mass is 79.9. The van der Waals surface area contributed by atoms with Crippen LogP contribution < -0.4 is 0 Å². The van der Waals surface area contributed by atoms with E-state index >= 15 is 0 Å². The van der Waals surface area contributed by atoms with E-state index in [1.165, 1.54) is 12.8 Å². The number of aryl methyl sites for hydroxylation is 2. The summed E-state index contributed by atoms with van der Waals surface area (Å²) >= 11 is 3.67. The van der Waals surface area contributed by atoms with Crippen molar-refractivity contribution in [2.24, 2.45) is 11.3 Å². The molecule has 1 fully saturated rings. The number of halogens is 1. The van der Waals surface area contributed by atoms with Crippen molar-refractivity contribution in [2.45, 2.75) is 72.4 Å². The fourth-order valence-electron chi connectivity index (χ4n) is 3.62. The number of aliphatic hydroxyl groups excluding tert-OH is 1. The predicted octanol–water partition coefficient (Wildman–Crippen LogP) is 3.96. The average molecular weight is 343 g/mol. The minimum atomic E-state index is -0.268. The molecule has 0 radical (unpaired) electrons. The molecule has 0 saturated heterocycles. The average Bonchev–Trinajstić information content (AvgIpc) is 2.90. The van der Waals surface area contributed by atoms with Crippen molar-refractivity contribution in [1.82, 2.24) is 9.78 Å². The fraction of sp³-hybridized carbons (Fsp3) is 0.812. The van der Waals surface area contributed by atoms with Crippen LogP contribution in [0.15, 0.2) is 4.47 Å². The number of aromatic nitrogens is 2. The van der Waals surface area contributed by atoms with Crippen LogP contribution in [0.5, 0.6) is 0 Å². The third-order valence-corrected chi connectivity index (χ3v) is 5.82. The van der Waals surface area contributed by atoms with E-state index in [1.54, 1.807) is 0 Å². The molecule has 114 valence electrons. The summed E-state index contributed by atoms with van der Waals surface area (Å²) in [5.41, 5.74) is 2.51. The molecule has 2 unspecified atom stereocenters. The van der Waals surface area contributed by atoms with Gasteiger partial charge >= 0.3 is 0 Å². The van der Waals surface area contributed by atoms with E-state index in [4.69, 9.17) is 0 Å². The zero-order valence-corrected chi connectivity index (χ0v) is 14.7. The van der Waals surface area contributed by atoms with Gasteiger partial charge in [-0.1, -0.05) is 27.2 Å². The van der Waals surface area contributed by atoms with Gasteiger partial charge in [-0.15, -0.1) is 0 Å². The van der Waals surface area contributed by atoms with Crippen molar-refractivity contribution in [3.8, 4) is 0 Å². The van der Waals surface area contributed by atoms with Crippen molar-refractivity contribution in [3.05, 3.63) is 15.9 Å². The Morgan fingerprint density at radius 2 is 2.15 bits per heavy atom. The van der Waals surface area contributed by atoms with Gasteiger partial charge in [0.25, 0.3) is 0 Å². The zero-order valence-electron chi connectivity index (χ0n) is 13.1. The van der Waals surface area contributed by atoms with Gasteiger partial charge in [-0.3, -0.25) is 4.68 Å². The van der Waals surface area contributed by atoms with E-state index in [0.717, 1.165) is 35.2 Å². The SMILES string of the molecule is CCc1nn(CC)c(CC(O)C2CCCC2(C)C)c1Br. The van der Waals surface area contributed by atoms with Crippen LogP contribution in [0.4, 0.5) is 0 Å². The minimum absolute atomic E-state index is 0.260. The molecule has 1 aliphatic carbocycles. The Labute approximate surface area is 130 Å². The second-order valence-corrected chi connectivity index (χ2v) is 7.43. The first kappa shape index (κ1) is 16.0. The Bertz CT molecular complexity index is 467. The molecule has 1 N–H and O–H groups in total. The van der Waals surface area contributed by atoms with Crippen LogP contribution in [0, 0.1) is 11.3 Å². The van der Waals surface area contributed by atoms with Gasteiger partial charge < -0.3 is 5.11 Å². The van der Waals surface area contributed by atoms with E-state index in [9.17, 15) is 5.11 Å². The maximum atomic E-state index is 10.7. The van der Waals surface area contributed by atoms with Crippen LogP contribution in [0.2, 0.25) is 0 Å². The van der Waals surface area contributed by atoms with Crippen molar-refractivity contribution in [2.75, 3.05) is 0 Å². The fourth-order valence-corrected chi connectivity index (χ4v) is 4.35. The summed E-state index contributed by atoms with van der Waals surface area (Å²) < 4.78 is 3.13. The molecule has 0 spiro atoms. The summed E-state index contributed by atoms with van der Waals surface area (Å²) in [4.78, 5) is 0. The molecule has 0 aromatic carbocycles. The quantitative estimate of drug-likeness (QED) is 0.879. The summed E-state index contributed by atoms with van der Waals surface area (Å²) in [6, 6.07) is 0. The standard InChI is InChI=1S/C16H27BrN2O/c1-5-12-15(17)13(19(6-2)18-12)10-14(20)11-8-7-9-16(11,3)4/h11,14,20H,5-10H2,1-4H3. The third kappa shape index (κ3) is 2.96. The first-order valence-corrected chi connectivity index (χ1v) is 8.62. The molecule has 2 rings (SSSR count). The summed E-state index contributed by atoms with van der Waals surface area (Å²) in [6.07, 6.45) is 4.97. The van der Waals surface area contributed by atoms with Crippen LogP contribution in [0.1, 0.15) is 58.3 Å². The lowest BCUT2D eigenvalue weighted by atomic mass is 9.77. The Kier molecular flexibility index (Phi) is 4.96. The van der Waals surface area contributed by atoms with Crippen molar-refractivity contribution < 1.29 is 5.11 Å². The van der Waals surface area contributed by atoms with Crippen LogP contribution >= 0.6 is 15.9 Å². The minimum Gasteiger partial charge on any atom is -0.392 e. The van der Waals surface area contributed by atoms with Gasteiger partial charge in [-0.05, 0) is 53.4 Å². The second-order valence-electron chi connectivity index (χ2n) is 6.64. The third-order valence-electron chi connectivity index (χ3n) is 4.90. The predicted molar refractivity (Wildman–Crippen MR) is 85.8 cm³/mol. The molecule has 3 nitrogen and oxygen atoms in total. The number of rotatable bonds is 5. The lowest BCUT2D eigenvalue weighted by molar-refractivity contribution is 0.0526. The Balaban J connectivity index is 2.19. The largest absolute Gasteiger partial charge is 0.392 e. The molecule has 1 aliphatic rings. The molecule has 4 heteroatoms. The topological polar surface area (TPSA) is 38.0 Å². The van der Waals surface area contributed by atoms with Crippen molar-refractivity contribution >= 4 is 15.9 Å². The second kappa shape index (κ2) is 6.18. The highest BCUT2D eigenvalue weighted by Crippen LogP contribution is 2.45. The highest BCUT2D eigenvalue weighted by Gasteiger charge is 2.39. The van der Waals surface area contributed by atoms with Gasteiger partial charge in [0.05, 0.1) is 22.0 Å². The van der Waals surface area contributed by atoms with E-state index < -0.39 is 0 Å². The highest BCUT2D eigenvalue weighted by molar-refractivity contribution is 9.10. The Hall–Kier alpha value is -0.350. The van der Waals surface area contributed by atoms with Crippen molar-refractivity contribution in [3.63, 3.8) is 0 Å². The lowest BCUT2D eigenvalue weighted by Gasteiger charge is -2.31. The van der Waals surface area contributed by atoms with Gasteiger partial charge in [0.15, 0.2) is 0 Å². The van der Waals surface area contributed by atoms with E-state index in [2.05, 4.69) is 48.7 Å². The number of hydrogen-bond acceptors (Lipinski definition) is 2. The van der Waals surface area contributed by atoms with Gasteiger partial charge in [0, 0.05) is 13.0 Å². The van der Waals surface area contributed by atoms with Gasteiger partial charge in [0.1, 0.15) is 0 Å². The zero-order chi connectivity index (χ0) is 14.9. The number of aliphatic hydroxyl groups is 1. The van der Waals surface area contributed by atoms with Crippen molar-refractivity contribution in [1.29, 1.82) is 0 Å². The van der Waals surface area contributed by atoms with Gasteiger partial charge in [0.2, 0.25) is 0 Å². The van der Waals surface area contributed by atoms with E-state index in [-0.39, 0.29) is 11.5 Å². The summed E-state index contributed by atoms with van der Waals surface area (Å²) in [5.74, 6) is 0.402. The monoisotopic (exact) mass is 342 g/mol. The molecule has 1 aromatic heterocycles.